The summed E-state index contributed by atoms with van der Waals surface area (Å²) in [6, 6.07) is 5.93. The van der Waals surface area contributed by atoms with E-state index in [9.17, 15) is 0 Å². The lowest BCUT2D eigenvalue weighted by molar-refractivity contribution is 0.412. The third kappa shape index (κ3) is 2.34. The van der Waals surface area contributed by atoms with Crippen molar-refractivity contribution in [3.63, 3.8) is 0 Å². The zero-order valence-corrected chi connectivity index (χ0v) is 9.29. The van der Waals surface area contributed by atoms with Gasteiger partial charge in [0.05, 0.1) is 12.8 Å². The van der Waals surface area contributed by atoms with Gasteiger partial charge >= 0.3 is 0 Å². The van der Waals surface area contributed by atoms with Gasteiger partial charge in [0.1, 0.15) is 5.75 Å². The number of ether oxygens (including phenoxy) is 1. The summed E-state index contributed by atoms with van der Waals surface area (Å²) in [5.74, 6) is 0.898. The number of rotatable bonds is 3. The number of hydrogen-bond acceptors (Lipinski definition) is 2. The van der Waals surface area contributed by atoms with E-state index in [0.717, 1.165) is 29.1 Å². The Hall–Kier alpha value is -1.31. The topological polar surface area (TPSA) is 21.6 Å². The van der Waals surface area contributed by atoms with Crippen LogP contribution in [0.4, 0.5) is 5.69 Å². The van der Waals surface area contributed by atoms with E-state index in [0.29, 0.717) is 0 Å². The van der Waals surface area contributed by atoms with Crippen molar-refractivity contribution in [3.8, 4) is 5.75 Å². The number of aliphatic imine (C=N–C) groups is 1. The summed E-state index contributed by atoms with van der Waals surface area (Å²) in [6.07, 6.45) is 0.983. The molecule has 0 amide bonds. The molecule has 0 aliphatic heterocycles. The Morgan fingerprint density at radius 2 is 2.14 bits per heavy atom. The van der Waals surface area contributed by atoms with E-state index in [1.54, 1.807) is 7.11 Å². The normalized spacial score (nSPS) is 11.6. The van der Waals surface area contributed by atoms with Gasteiger partial charge in [-0.15, -0.1) is 0 Å². The van der Waals surface area contributed by atoms with E-state index in [1.165, 1.54) is 0 Å². The van der Waals surface area contributed by atoms with E-state index >= 15 is 0 Å². The second-order valence-corrected chi connectivity index (χ2v) is 3.31. The van der Waals surface area contributed by atoms with Gasteiger partial charge in [-0.2, -0.15) is 0 Å². The first kappa shape index (κ1) is 10.8. The van der Waals surface area contributed by atoms with Crippen LogP contribution in [0.15, 0.2) is 23.2 Å². The van der Waals surface area contributed by atoms with Crippen molar-refractivity contribution in [2.45, 2.75) is 27.2 Å². The number of benzene rings is 1. The van der Waals surface area contributed by atoms with Gasteiger partial charge in [-0.05, 0) is 32.4 Å². The minimum atomic E-state index is 0.898. The molecular weight excluding hydrogens is 174 g/mol. The fourth-order valence-electron chi connectivity index (χ4n) is 1.23. The highest BCUT2D eigenvalue weighted by Gasteiger charge is 2.02. The summed E-state index contributed by atoms with van der Waals surface area (Å²) in [7, 11) is 1.68. The van der Waals surface area contributed by atoms with Gasteiger partial charge in [0.2, 0.25) is 0 Å². The Labute approximate surface area is 85.6 Å². The molecule has 0 fully saturated rings. The predicted octanol–water partition coefficient (Wildman–Crippen LogP) is 3.51. The molecule has 0 heterocycles. The van der Waals surface area contributed by atoms with Crippen molar-refractivity contribution in [3.05, 3.63) is 23.8 Å². The first-order chi connectivity index (χ1) is 6.69. The lowest BCUT2D eigenvalue weighted by atomic mass is 10.2. The van der Waals surface area contributed by atoms with E-state index < -0.39 is 0 Å². The van der Waals surface area contributed by atoms with Gasteiger partial charge < -0.3 is 4.74 Å². The lowest BCUT2D eigenvalue weighted by Gasteiger charge is -2.07. The highest BCUT2D eigenvalue weighted by molar-refractivity contribution is 5.84. The largest absolute Gasteiger partial charge is 0.496 e. The minimum Gasteiger partial charge on any atom is -0.496 e. The van der Waals surface area contributed by atoms with Gasteiger partial charge in [-0.25, -0.2) is 0 Å². The fraction of sp³-hybridized carbons (Fsp3) is 0.417. The van der Waals surface area contributed by atoms with Crippen LogP contribution < -0.4 is 4.74 Å². The molecule has 0 saturated heterocycles. The molecule has 0 atom stereocenters. The fourth-order valence-corrected chi connectivity index (χ4v) is 1.23. The summed E-state index contributed by atoms with van der Waals surface area (Å²) >= 11 is 0. The third-order valence-corrected chi connectivity index (χ3v) is 2.30. The van der Waals surface area contributed by atoms with Crippen molar-refractivity contribution < 1.29 is 4.74 Å². The maximum atomic E-state index is 5.23. The molecule has 76 valence electrons. The van der Waals surface area contributed by atoms with Crippen LogP contribution >= 0.6 is 0 Å². The molecule has 0 bridgehead atoms. The van der Waals surface area contributed by atoms with Crippen LogP contribution in [0.5, 0.6) is 5.75 Å². The zero-order valence-electron chi connectivity index (χ0n) is 9.29. The van der Waals surface area contributed by atoms with E-state index in [1.807, 2.05) is 32.0 Å². The Balaban J connectivity index is 3.10. The molecule has 0 aliphatic carbocycles. The molecule has 0 radical (unpaired) electrons. The molecule has 14 heavy (non-hydrogen) atoms. The Morgan fingerprint density at radius 3 is 2.71 bits per heavy atom. The molecule has 0 saturated carbocycles. The van der Waals surface area contributed by atoms with Gasteiger partial charge in [0.15, 0.2) is 0 Å². The molecule has 0 aromatic heterocycles. The molecule has 0 aliphatic rings. The molecule has 1 aromatic rings. The maximum Gasteiger partial charge on any atom is 0.123 e. The number of hydrogen-bond donors (Lipinski definition) is 0. The van der Waals surface area contributed by atoms with Crippen LogP contribution in [-0.4, -0.2) is 12.8 Å². The van der Waals surface area contributed by atoms with Crippen molar-refractivity contribution in [1.29, 1.82) is 0 Å². The number of nitrogens with zero attached hydrogens (tertiary/aromatic N) is 1. The first-order valence-electron chi connectivity index (χ1n) is 4.86. The van der Waals surface area contributed by atoms with Crippen LogP contribution in [-0.2, 0) is 0 Å². The van der Waals surface area contributed by atoms with E-state index in [4.69, 9.17) is 4.74 Å². The monoisotopic (exact) mass is 191 g/mol. The molecule has 1 aromatic carbocycles. The summed E-state index contributed by atoms with van der Waals surface area (Å²) in [6.45, 7) is 6.17. The molecule has 2 nitrogen and oxygen atoms in total. The van der Waals surface area contributed by atoms with E-state index in [2.05, 4.69) is 11.9 Å². The van der Waals surface area contributed by atoms with Crippen LogP contribution in [0, 0.1) is 6.92 Å². The average Bonchev–Trinajstić information content (AvgIpc) is 2.21. The predicted molar refractivity (Wildman–Crippen MR) is 60.8 cm³/mol. The maximum absolute atomic E-state index is 5.23. The van der Waals surface area contributed by atoms with Gasteiger partial charge in [0.25, 0.3) is 0 Å². The van der Waals surface area contributed by atoms with Crippen LogP contribution in [0.2, 0.25) is 0 Å². The van der Waals surface area contributed by atoms with Crippen LogP contribution in [0.3, 0.4) is 0 Å². The lowest BCUT2D eigenvalue weighted by Crippen LogP contribution is -1.89. The quantitative estimate of drug-likeness (QED) is 0.670. The second-order valence-electron chi connectivity index (χ2n) is 3.31. The standard InChI is InChI=1S/C12H17NO/c1-5-9(2)13-11-7-6-8-12(14-4)10(11)3/h6-8H,5H2,1-4H3. The Morgan fingerprint density at radius 1 is 1.43 bits per heavy atom. The Kier molecular flexibility index (Phi) is 3.69. The summed E-state index contributed by atoms with van der Waals surface area (Å²) < 4.78 is 5.23. The summed E-state index contributed by atoms with van der Waals surface area (Å²) in [5.41, 5.74) is 3.24. The van der Waals surface area contributed by atoms with Gasteiger partial charge in [-0.3, -0.25) is 4.99 Å². The average molecular weight is 191 g/mol. The SMILES string of the molecule is CCC(C)=Nc1cccc(OC)c1C. The summed E-state index contributed by atoms with van der Waals surface area (Å²) in [4.78, 5) is 4.52. The first-order valence-corrected chi connectivity index (χ1v) is 4.86. The molecule has 1 rings (SSSR count). The smallest absolute Gasteiger partial charge is 0.123 e. The highest BCUT2D eigenvalue weighted by Crippen LogP contribution is 2.27. The van der Waals surface area contributed by atoms with Gasteiger partial charge in [-0.1, -0.05) is 13.0 Å². The molecule has 0 unspecified atom stereocenters. The molecule has 0 spiro atoms. The second kappa shape index (κ2) is 4.80. The van der Waals surface area contributed by atoms with Crippen molar-refractivity contribution in [1.82, 2.24) is 0 Å². The van der Waals surface area contributed by atoms with E-state index in [-0.39, 0.29) is 0 Å². The van der Waals surface area contributed by atoms with Crippen LogP contribution in [0.25, 0.3) is 0 Å². The summed E-state index contributed by atoms with van der Waals surface area (Å²) in [5, 5.41) is 0. The van der Waals surface area contributed by atoms with Crippen molar-refractivity contribution >= 4 is 11.4 Å². The third-order valence-electron chi connectivity index (χ3n) is 2.30. The van der Waals surface area contributed by atoms with Crippen LogP contribution in [0.1, 0.15) is 25.8 Å². The molecular formula is C12H17NO. The van der Waals surface area contributed by atoms with Crippen molar-refractivity contribution in [2.75, 3.05) is 7.11 Å². The molecule has 2 heteroatoms. The van der Waals surface area contributed by atoms with Crippen molar-refractivity contribution in [2.24, 2.45) is 4.99 Å². The highest BCUT2D eigenvalue weighted by atomic mass is 16.5. The Bertz CT molecular complexity index is 342. The zero-order chi connectivity index (χ0) is 10.6. The van der Waals surface area contributed by atoms with Gasteiger partial charge in [0, 0.05) is 11.3 Å². The number of methoxy groups -OCH3 is 1. The minimum absolute atomic E-state index is 0.898. The molecule has 0 N–H and O–H groups in total.